The van der Waals surface area contributed by atoms with Crippen molar-refractivity contribution in [3.8, 4) is 17.1 Å². The molecule has 150 valence electrons. The van der Waals surface area contributed by atoms with E-state index in [1.54, 1.807) is 0 Å². The number of benzene rings is 2. The third-order valence-corrected chi connectivity index (χ3v) is 5.80. The number of hydrogen-bond acceptors (Lipinski definition) is 4. The number of nitrogens with zero attached hydrogens (tertiary/aromatic N) is 3. The van der Waals surface area contributed by atoms with E-state index in [4.69, 9.17) is 0 Å². The lowest BCUT2D eigenvalue weighted by Crippen LogP contribution is -2.33. The highest BCUT2D eigenvalue weighted by atomic mass is 32.2. The van der Waals surface area contributed by atoms with Gasteiger partial charge in [-0.2, -0.15) is 0 Å². The number of halogens is 2. The standard InChI is InChI=1S/C21H20F2N4OS/c22-15-10-11-18(17(23)12-15)27-20(14-6-2-1-3-7-14)25-26-21(27)29-13-19(28)24-16-8-4-5-9-16/h1-3,6-7,10-12,16H,4-5,8-9,13H2,(H,24,28). The van der Waals surface area contributed by atoms with Crippen LogP contribution in [0.3, 0.4) is 0 Å². The Balaban J connectivity index is 1.63. The van der Waals surface area contributed by atoms with Crippen molar-refractivity contribution in [2.75, 3.05) is 5.75 Å². The molecule has 1 saturated carbocycles. The molecule has 5 nitrogen and oxygen atoms in total. The summed E-state index contributed by atoms with van der Waals surface area (Å²) in [5.41, 5.74) is 0.875. The van der Waals surface area contributed by atoms with Crippen molar-refractivity contribution in [1.29, 1.82) is 0 Å². The highest BCUT2D eigenvalue weighted by molar-refractivity contribution is 7.99. The summed E-state index contributed by atoms with van der Waals surface area (Å²) in [5, 5.41) is 11.8. The van der Waals surface area contributed by atoms with E-state index in [0.29, 0.717) is 11.0 Å². The predicted octanol–water partition coefficient (Wildman–Crippen LogP) is 4.36. The maximum atomic E-state index is 14.6. The van der Waals surface area contributed by atoms with E-state index in [1.165, 1.54) is 28.5 Å². The average Bonchev–Trinajstić information content (AvgIpc) is 3.37. The van der Waals surface area contributed by atoms with Crippen LogP contribution in [0.15, 0.2) is 53.7 Å². The van der Waals surface area contributed by atoms with Crippen molar-refractivity contribution in [2.24, 2.45) is 0 Å². The highest BCUT2D eigenvalue weighted by Crippen LogP contribution is 2.29. The van der Waals surface area contributed by atoms with E-state index in [1.807, 2.05) is 30.3 Å². The SMILES string of the molecule is O=C(CSc1nnc(-c2ccccc2)n1-c1ccc(F)cc1F)NC1CCCC1. The van der Waals surface area contributed by atoms with Gasteiger partial charge in [0.2, 0.25) is 5.91 Å². The second kappa shape index (κ2) is 8.73. The van der Waals surface area contributed by atoms with Gasteiger partial charge in [-0.1, -0.05) is 54.9 Å². The molecule has 0 unspecified atom stereocenters. The molecule has 1 aromatic heterocycles. The topological polar surface area (TPSA) is 59.8 Å². The Morgan fingerprint density at radius 3 is 2.59 bits per heavy atom. The van der Waals surface area contributed by atoms with Gasteiger partial charge in [0.25, 0.3) is 0 Å². The summed E-state index contributed by atoms with van der Waals surface area (Å²) in [5.74, 6) is -0.899. The van der Waals surface area contributed by atoms with Crippen LogP contribution in [0.1, 0.15) is 25.7 Å². The van der Waals surface area contributed by atoms with E-state index < -0.39 is 11.6 Å². The van der Waals surface area contributed by atoms with Gasteiger partial charge in [-0.25, -0.2) is 8.78 Å². The zero-order valence-corrected chi connectivity index (χ0v) is 16.5. The lowest BCUT2D eigenvalue weighted by Gasteiger charge is -2.13. The summed E-state index contributed by atoms with van der Waals surface area (Å²) in [6, 6.07) is 12.8. The molecular weight excluding hydrogens is 394 g/mol. The van der Waals surface area contributed by atoms with Crippen molar-refractivity contribution in [1.82, 2.24) is 20.1 Å². The minimum atomic E-state index is -0.723. The number of carbonyl (C=O) groups excluding carboxylic acids is 1. The van der Waals surface area contributed by atoms with Crippen LogP contribution in [-0.4, -0.2) is 32.5 Å². The Bertz CT molecular complexity index is 1000. The van der Waals surface area contributed by atoms with Crippen LogP contribution in [0, 0.1) is 11.6 Å². The molecule has 0 atom stereocenters. The van der Waals surface area contributed by atoms with Gasteiger partial charge in [0.1, 0.15) is 11.6 Å². The van der Waals surface area contributed by atoms with Crippen LogP contribution in [0.5, 0.6) is 0 Å². The molecule has 0 bridgehead atoms. The summed E-state index contributed by atoms with van der Waals surface area (Å²) in [6.07, 6.45) is 4.28. The first-order chi connectivity index (χ1) is 14.1. The minimum Gasteiger partial charge on any atom is -0.353 e. The van der Waals surface area contributed by atoms with E-state index in [-0.39, 0.29) is 23.4 Å². The maximum Gasteiger partial charge on any atom is 0.230 e. The summed E-state index contributed by atoms with van der Waals surface area (Å²) in [4.78, 5) is 12.3. The second-order valence-electron chi connectivity index (χ2n) is 6.94. The second-order valence-corrected chi connectivity index (χ2v) is 7.88. The van der Waals surface area contributed by atoms with Crippen molar-refractivity contribution >= 4 is 17.7 Å². The Kier molecular flexibility index (Phi) is 5.89. The number of thioether (sulfide) groups is 1. The van der Waals surface area contributed by atoms with Gasteiger partial charge in [-0.15, -0.1) is 10.2 Å². The zero-order chi connectivity index (χ0) is 20.2. The van der Waals surface area contributed by atoms with E-state index in [0.717, 1.165) is 37.3 Å². The van der Waals surface area contributed by atoms with Crippen LogP contribution in [-0.2, 0) is 4.79 Å². The first-order valence-electron chi connectivity index (χ1n) is 9.50. The van der Waals surface area contributed by atoms with Gasteiger partial charge in [-0.05, 0) is 25.0 Å². The number of nitrogens with one attached hydrogen (secondary N) is 1. The van der Waals surface area contributed by atoms with Gasteiger partial charge < -0.3 is 5.32 Å². The molecule has 1 aliphatic carbocycles. The summed E-state index contributed by atoms with van der Waals surface area (Å²) in [6.45, 7) is 0. The quantitative estimate of drug-likeness (QED) is 0.609. The lowest BCUT2D eigenvalue weighted by molar-refractivity contribution is -0.119. The maximum absolute atomic E-state index is 14.6. The molecule has 29 heavy (non-hydrogen) atoms. The fourth-order valence-corrected chi connectivity index (χ4v) is 4.24. The van der Waals surface area contributed by atoms with E-state index in [2.05, 4.69) is 15.5 Å². The van der Waals surface area contributed by atoms with Crippen molar-refractivity contribution < 1.29 is 13.6 Å². The smallest absolute Gasteiger partial charge is 0.230 e. The van der Waals surface area contributed by atoms with Crippen molar-refractivity contribution in [3.05, 3.63) is 60.2 Å². The molecule has 1 amide bonds. The van der Waals surface area contributed by atoms with E-state index >= 15 is 0 Å². The Morgan fingerprint density at radius 1 is 1.10 bits per heavy atom. The van der Waals surface area contributed by atoms with Crippen molar-refractivity contribution in [3.63, 3.8) is 0 Å². The predicted molar refractivity (Wildman–Crippen MR) is 108 cm³/mol. The zero-order valence-electron chi connectivity index (χ0n) is 15.6. The largest absolute Gasteiger partial charge is 0.353 e. The Hall–Kier alpha value is -2.74. The van der Waals surface area contributed by atoms with Crippen LogP contribution >= 0.6 is 11.8 Å². The molecule has 0 saturated heterocycles. The lowest BCUT2D eigenvalue weighted by atomic mass is 10.2. The first kappa shape index (κ1) is 19.6. The van der Waals surface area contributed by atoms with E-state index in [9.17, 15) is 13.6 Å². The Labute approximate surface area is 171 Å². The van der Waals surface area contributed by atoms with Gasteiger partial charge >= 0.3 is 0 Å². The number of hydrogen-bond donors (Lipinski definition) is 1. The first-order valence-corrected chi connectivity index (χ1v) is 10.5. The van der Waals surface area contributed by atoms with Gasteiger partial charge in [0.05, 0.1) is 11.4 Å². The van der Waals surface area contributed by atoms with Gasteiger partial charge in [-0.3, -0.25) is 9.36 Å². The third-order valence-electron chi connectivity index (χ3n) is 4.87. The highest BCUT2D eigenvalue weighted by Gasteiger charge is 2.21. The fourth-order valence-electron chi connectivity index (χ4n) is 3.49. The molecule has 1 heterocycles. The van der Waals surface area contributed by atoms with Crippen molar-refractivity contribution in [2.45, 2.75) is 36.9 Å². The van der Waals surface area contributed by atoms with Gasteiger partial charge in [0, 0.05) is 17.7 Å². The third kappa shape index (κ3) is 4.48. The molecule has 2 aromatic carbocycles. The van der Waals surface area contributed by atoms with Crippen LogP contribution in [0.25, 0.3) is 17.1 Å². The normalized spacial score (nSPS) is 14.3. The minimum absolute atomic E-state index is 0.0858. The van der Waals surface area contributed by atoms with Crippen LogP contribution < -0.4 is 5.32 Å². The molecular formula is C21H20F2N4OS. The summed E-state index contributed by atoms with van der Waals surface area (Å²) < 4.78 is 29.5. The van der Waals surface area contributed by atoms with Gasteiger partial charge in [0.15, 0.2) is 11.0 Å². The Morgan fingerprint density at radius 2 is 1.86 bits per heavy atom. The van der Waals surface area contributed by atoms with Crippen LogP contribution in [0.2, 0.25) is 0 Å². The molecule has 3 aromatic rings. The number of rotatable bonds is 6. The summed E-state index contributed by atoms with van der Waals surface area (Å²) in [7, 11) is 0. The molecule has 1 aliphatic rings. The molecule has 0 radical (unpaired) electrons. The molecule has 1 N–H and O–H groups in total. The monoisotopic (exact) mass is 414 g/mol. The fraction of sp³-hybridized carbons (Fsp3) is 0.286. The average molecular weight is 414 g/mol. The summed E-state index contributed by atoms with van der Waals surface area (Å²) >= 11 is 1.18. The molecule has 1 fully saturated rings. The molecule has 0 spiro atoms. The molecule has 8 heteroatoms. The molecule has 4 rings (SSSR count). The molecule has 0 aliphatic heterocycles. The van der Waals surface area contributed by atoms with Crippen LogP contribution in [0.4, 0.5) is 8.78 Å². The number of aromatic nitrogens is 3. The number of amides is 1. The number of carbonyl (C=O) groups is 1.